The lowest BCUT2D eigenvalue weighted by Gasteiger charge is -2.37. The van der Waals surface area contributed by atoms with Crippen molar-refractivity contribution >= 4 is 0 Å². The summed E-state index contributed by atoms with van der Waals surface area (Å²) in [4.78, 5) is 5.13. The van der Waals surface area contributed by atoms with Gasteiger partial charge in [0.25, 0.3) is 0 Å². The van der Waals surface area contributed by atoms with Crippen LogP contribution in [0.5, 0.6) is 0 Å². The predicted molar refractivity (Wildman–Crippen MR) is 73.1 cm³/mol. The minimum Gasteiger partial charge on any atom is -0.326 e. The van der Waals surface area contributed by atoms with E-state index in [1.54, 1.807) is 0 Å². The summed E-state index contributed by atoms with van der Waals surface area (Å²) in [6, 6.07) is 0.409. The first-order valence-electron chi connectivity index (χ1n) is 7.50. The second-order valence-electron chi connectivity index (χ2n) is 5.80. The highest BCUT2D eigenvalue weighted by Gasteiger charge is 2.25. The molecule has 0 radical (unpaired) electrons. The summed E-state index contributed by atoms with van der Waals surface area (Å²) in [7, 11) is 0. The fraction of sp³-hybridized carbons (Fsp3) is 1.00. The van der Waals surface area contributed by atoms with Gasteiger partial charge in [0.2, 0.25) is 0 Å². The van der Waals surface area contributed by atoms with Crippen LogP contribution < -0.4 is 5.73 Å². The Morgan fingerprint density at radius 1 is 1.00 bits per heavy atom. The van der Waals surface area contributed by atoms with Crippen LogP contribution in [0.1, 0.15) is 39.0 Å². The van der Waals surface area contributed by atoms with Crippen LogP contribution in [0.4, 0.5) is 0 Å². The van der Waals surface area contributed by atoms with Crippen LogP contribution in [0.25, 0.3) is 0 Å². The monoisotopic (exact) mass is 239 g/mol. The maximum absolute atomic E-state index is 6.41. The number of likely N-dealkylation sites (tertiary alicyclic amines) is 2. The number of hydrogen-bond donors (Lipinski definition) is 1. The van der Waals surface area contributed by atoms with Crippen LogP contribution >= 0.6 is 0 Å². The lowest BCUT2D eigenvalue weighted by Crippen LogP contribution is -2.47. The lowest BCUT2D eigenvalue weighted by atomic mass is 9.89. The first-order valence-corrected chi connectivity index (χ1v) is 7.50. The van der Waals surface area contributed by atoms with Crippen molar-refractivity contribution in [3.63, 3.8) is 0 Å². The van der Waals surface area contributed by atoms with Gasteiger partial charge in [-0.3, -0.25) is 0 Å². The smallest absolute Gasteiger partial charge is 0.0197 e. The molecule has 2 aliphatic rings. The molecule has 0 bridgehead atoms. The number of nitrogens with zero attached hydrogens (tertiary/aromatic N) is 2. The molecule has 0 aliphatic carbocycles. The Morgan fingerprint density at radius 2 is 1.65 bits per heavy atom. The third-order valence-electron chi connectivity index (χ3n) is 4.60. The Labute approximate surface area is 106 Å². The minimum absolute atomic E-state index is 0.409. The molecule has 3 heteroatoms. The van der Waals surface area contributed by atoms with Crippen molar-refractivity contribution in [2.75, 3.05) is 39.3 Å². The summed E-state index contributed by atoms with van der Waals surface area (Å²) >= 11 is 0. The Kier molecular flexibility index (Phi) is 5.26. The van der Waals surface area contributed by atoms with Gasteiger partial charge in [-0.05, 0) is 64.3 Å². The summed E-state index contributed by atoms with van der Waals surface area (Å²) in [5.41, 5.74) is 6.41. The second kappa shape index (κ2) is 6.72. The molecule has 0 spiro atoms. The van der Waals surface area contributed by atoms with E-state index in [1.807, 2.05) is 0 Å². The zero-order valence-electron chi connectivity index (χ0n) is 11.4. The molecule has 0 aromatic rings. The number of nitrogens with two attached hydrogens (primary N) is 1. The van der Waals surface area contributed by atoms with E-state index in [1.165, 1.54) is 64.8 Å². The fourth-order valence-corrected chi connectivity index (χ4v) is 3.29. The van der Waals surface area contributed by atoms with Crippen molar-refractivity contribution < 1.29 is 0 Å². The van der Waals surface area contributed by atoms with E-state index in [4.69, 9.17) is 5.73 Å². The molecule has 2 rings (SSSR count). The first-order chi connectivity index (χ1) is 8.29. The average Bonchev–Trinajstić information content (AvgIpc) is 2.40. The van der Waals surface area contributed by atoms with Crippen molar-refractivity contribution in [1.29, 1.82) is 0 Å². The Morgan fingerprint density at radius 3 is 2.24 bits per heavy atom. The molecule has 2 aliphatic heterocycles. The first kappa shape index (κ1) is 13.3. The Bertz CT molecular complexity index is 206. The lowest BCUT2D eigenvalue weighted by molar-refractivity contribution is 0.144. The molecule has 2 heterocycles. The van der Waals surface area contributed by atoms with E-state index >= 15 is 0 Å². The topological polar surface area (TPSA) is 32.5 Å². The normalized spacial score (nSPS) is 27.2. The summed E-state index contributed by atoms with van der Waals surface area (Å²) in [6.45, 7) is 9.67. The SMILES string of the molecule is CCN1CCC(C(N)CN2CCCCC2)CC1. The average molecular weight is 239 g/mol. The van der Waals surface area contributed by atoms with Gasteiger partial charge in [-0.2, -0.15) is 0 Å². The minimum atomic E-state index is 0.409. The van der Waals surface area contributed by atoms with Crippen LogP contribution in [0.3, 0.4) is 0 Å². The standard InChI is InChI=1S/C14H29N3/c1-2-16-10-6-13(7-11-16)14(15)12-17-8-4-3-5-9-17/h13-14H,2-12,15H2,1H3. The highest BCUT2D eigenvalue weighted by atomic mass is 15.1. The van der Waals surface area contributed by atoms with Crippen molar-refractivity contribution in [1.82, 2.24) is 9.80 Å². The maximum atomic E-state index is 6.41. The number of piperidine rings is 2. The highest BCUT2D eigenvalue weighted by molar-refractivity contribution is 4.82. The van der Waals surface area contributed by atoms with Crippen molar-refractivity contribution in [3.8, 4) is 0 Å². The van der Waals surface area contributed by atoms with Crippen LogP contribution in [0.15, 0.2) is 0 Å². The number of hydrogen-bond acceptors (Lipinski definition) is 3. The van der Waals surface area contributed by atoms with Gasteiger partial charge in [-0.25, -0.2) is 0 Å². The molecule has 17 heavy (non-hydrogen) atoms. The van der Waals surface area contributed by atoms with E-state index in [0.29, 0.717) is 6.04 Å². The third kappa shape index (κ3) is 3.94. The molecule has 3 nitrogen and oxygen atoms in total. The quantitative estimate of drug-likeness (QED) is 0.807. The fourth-order valence-electron chi connectivity index (χ4n) is 3.29. The maximum Gasteiger partial charge on any atom is 0.0197 e. The van der Waals surface area contributed by atoms with E-state index in [2.05, 4.69) is 16.7 Å². The van der Waals surface area contributed by atoms with Crippen LogP contribution in [-0.2, 0) is 0 Å². The van der Waals surface area contributed by atoms with Crippen molar-refractivity contribution in [2.24, 2.45) is 11.7 Å². The van der Waals surface area contributed by atoms with Gasteiger partial charge in [-0.1, -0.05) is 13.3 Å². The van der Waals surface area contributed by atoms with Gasteiger partial charge in [0.15, 0.2) is 0 Å². The zero-order chi connectivity index (χ0) is 12.1. The van der Waals surface area contributed by atoms with Crippen molar-refractivity contribution in [2.45, 2.75) is 45.1 Å². The molecular weight excluding hydrogens is 210 g/mol. The molecule has 0 aromatic heterocycles. The van der Waals surface area contributed by atoms with Gasteiger partial charge < -0.3 is 15.5 Å². The van der Waals surface area contributed by atoms with E-state index in [-0.39, 0.29) is 0 Å². The summed E-state index contributed by atoms with van der Waals surface area (Å²) in [5.74, 6) is 0.764. The molecule has 2 saturated heterocycles. The highest BCUT2D eigenvalue weighted by Crippen LogP contribution is 2.21. The second-order valence-corrected chi connectivity index (χ2v) is 5.80. The molecule has 0 amide bonds. The van der Waals surface area contributed by atoms with Gasteiger partial charge in [0, 0.05) is 12.6 Å². The van der Waals surface area contributed by atoms with Crippen LogP contribution in [0, 0.1) is 5.92 Å². The molecule has 1 atom stereocenters. The third-order valence-corrected chi connectivity index (χ3v) is 4.60. The Balaban J connectivity index is 1.70. The van der Waals surface area contributed by atoms with Gasteiger partial charge in [0.1, 0.15) is 0 Å². The molecule has 0 aromatic carbocycles. The van der Waals surface area contributed by atoms with Gasteiger partial charge >= 0.3 is 0 Å². The summed E-state index contributed by atoms with van der Waals surface area (Å²) in [5, 5.41) is 0. The van der Waals surface area contributed by atoms with Crippen molar-refractivity contribution in [3.05, 3.63) is 0 Å². The van der Waals surface area contributed by atoms with Gasteiger partial charge in [-0.15, -0.1) is 0 Å². The van der Waals surface area contributed by atoms with E-state index in [9.17, 15) is 0 Å². The molecule has 0 saturated carbocycles. The Hall–Kier alpha value is -0.120. The van der Waals surface area contributed by atoms with E-state index < -0.39 is 0 Å². The molecule has 1 unspecified atom stereocenters. The zero-order valence-corrected chi connectivity index (χ0v) is 11.4. The molecular formula is C14H29N3. The van der Waals surface area contributed by atoms with Gasteiger partial charge in [0.05, 0.1) is 0 Å². The molecule has 100 valence electrons. The molecule has 2 fully saturated rings. The predicted octanol–water partition coefficient (Wildman–Crippen LogP) is 1.53. The van der Waals surface area contributed by atoms with E-state index in [0.717, 1.165) is 12.5 Å². The number of rotatable bonds is 4. The largest absolute Gasteiger partial charge is 0.326 e. The van der Waals surface area contributed by atoms with Crippen LogP contribution in [-0.4, -0.2) is 55.1 Å². The summed E-state index contributed by atoms with van der Waals surface area (Å²) in [6.07, 6.45) is 6.79. The van der Waals surface area contributed by atoms with Crippen LogP contribution in [0.2, 0.25) is 0 Å². The summed E-state index contributed by atoms with van der Waals surface area (Å²) < 4.78 is 0. The molecule has 2 N–H and O–H groups in total.